The summed E-state index contributed by atoms with van der Waals surface area (Å²) in [6, 6.07) is 14.8. The van der Waals surface area contributed by atoms with Gasteiger partial charge in [-0.1, -0.05) is 44.0 Å². The van der Waals surface area contributed by atoms with E-state index in [0.29, 0.717) is 30.2 Å². The van der Waals surface area contributed by atoms with Gasteiger partial charge < -0.3 is 20.8 Å². The van der Waals surface area contributed by atoms with E-state index in [1.807, 2.05) is 24.3 Å². The summed E-state index contributed by atoms with van der Waals surface area (Å²) >= 11 is 0. The highest BCUT2D eigenvalue weighted by molar-refractivity contribution is 5.95. The van der Waals surface area contributed by atoms with Gasteiger partial charge in [-0.2, -0.15) is 0 Å². The fourth-order valence-electron chi connectivity index (χ4n) is 3.49. The predicted molar refractivity (Wildman–Crippen MR) is 110 cm³/mol. The summed E-state index contributed by atoms with van der Waals surface area (Å²) < 4.78 is 0. The van der Waals surface area contributed by atoms with Crippen LogP contribution in [0, 0.1) is 5.92 Å². The van der Waals surface area contributed by atoms with Crippen molar-refractivity contribution in [3.05, 3.63) is 54.1 Å². The second-order valence-electron chi connectivity index (χ2n) is 7.30. The van der Waals surface area contributed by atoms with Crippen LogP contribution in [-0.2, 0) is 6.42 Å². The molecule has 144 valence electrons. The zero-order valence-corrected chi connectivity index (χ0v) is 15.9. The second-order valence-corrected chi connectivity index (χ2v) is 7.30. The standard InChI is InChI=1S/C22H29N3O2/c1-16-6-2-3-7-19(16)24-22(25-20-8-4-5-9-21(20)27)23-15-14-17-10-12-18(26)13-11-17/h4-5,8-13,16,19,26-27H,2-3,6-7,14-15H2,1H3,(H2,23,24,25). The Bertz CT molecular complexity index is 758. The number of aromatic hydroxyl groups is 2. The molecule has 0 aromatic heterocycles. The lowest BCUT2D eigenvalue weighted by atomic mass is 9.86. The summed E-state index contributed by atoms with van der Waals surface area (Å²) in [4.78, 5) is 4.73. The molecule has 2 aromatic rings. The maximum Gasteiger partial charge on any atom is 0.196 e. The zero-order valence-electron chi connectivity index (χ0n) is 15.9. The minimum Gasteiger partial charge on any atom is -0.508 e. The Kier molecular flexibility index (Phi) is 6.58. The molecule has 27 heavy (non-hydrogen) atoms. The third kappa shape index (κ3) is 5.64. The van der Waals surface area contributed by atoms with E-state index in [9.17, 15) is 10.2 Å². The second kappa shape index (κ2) is 9.31. The highest BCUT2D eigenvalue weighted by Crippen LogP contribution is 2.25. The lowest BCUT2D eigenvalue weighted by Gasteiger charge is -2.31. The number of rotatable bonds is 5. The Morgan fingerprint density at radius 1 is 1.04 bits per heavy atom. The highest BCUT2D eigenvalue weighted by atomic mass is 16.3. The van der Waals surface area contributed by atoms with E-state index in [4.69, 9.17) is 4.99 Å². The topological polar surface area (TPSA) is 76.9 Å². The van der Waals surface area contributed by atoms with Gasteiger partial charge in [0.1, 0.15) is 11.5 Å². The predicted octanol–water partition coefficient (Wildman–Crippen LogP) is 4.28. The van der Waals surface area contributed by atoms with Crippen LogP contribution in [-0.4, -0.2) is 28.8 Å². The van der Waals surface area contributed by atoms with Gasteiger partial charge in [-0.05, 0) is 55.0 Å². The number of guanidine groups is 1. The van der Waals surface area contributed by atoms with E-state index in [1.165, 1.54) is 19.3 Å². The van der Waals surface area contributed by atoms with Crippen LogP contribution in [0.5, 0.6) is 11.5 Å². The molecule has 2 unspecified atom stereocenters. The molecule has 1 aliphatic carbocycles. The molecular weight excluding hydrogens is 338 g/mol. The third-order valence-corrected chi connectivity index (χ3v) is 5.20. The molecule has 1 fully saturated rings. The molecule has 1 aliphatic rings. The molecular formula is C22H29N3O2. The summed E-state index contributed by atoms with van der Waals surface area (Å²) in [5, 5.41) is 26.3. The molecule has 1 saturated carbocycles. The molecule has 5 heteroatoms. The fourth-order valence-corrected chi connectivity index (χ4v) is 3.49. The van der Waals surface area contributed by atoms with Crippen molar-refractivity contribution in [3.63, 3.8) is 0 Å². The van der Waals surface area contributed by atoms with Crippen LogP contribution in [0.15, 0.2) is 53.5 Å². The number of para-hydroxylation sites is 2. The summed E-state index contributed by atoms with van der Waals surface area (Å²) in [6.45, 7) is 2.90. The number of aliphatic imine (C=N–C) groups is 1. The van der Waals surface area contributed by atoms with Crippen LogP contribution in [0.4, 0.5) is 5.69 Å². The Morgan fingerprint density at radius 3 is 2.52 bits per heavy atom. The molecule has 3 rings (SSSR count). The van der Waals surface area contributed by atoms with Gasteiger partial charge in [0.05, 0.1) is 5.69 Å². The van der Waals surface area contributed by atoms with Crippen molar-refractivity contribution >= 4 is 11.6 Å². The van der Waals surface area contributed by atoms with E-state index in [-0.39, 0.29) is 11.5 Å². The molecule has 5 nitrogen and oxygen atoms in total. The molecule has 2 atom stereocenters. The van der Waals surface area contributed by atoms with Gasteiger partial charge in [0.2, 0.25) is 0 Å². The van der Waals surface area contributed by atoms with E-state index in [2.05, 4.69) is 17.6 Å². The summed E-state index contributed by atoms with van der Waals surface area (Å²) in [5.74, 6) is 1.79. The van der Waals surface area contributed by atoms with Crippen LogP contribution < -0.4 is 10.6 Å². The Morgan fingerprint density at radius 2 is 1.78 bits per heavy atom. The smallest absolute Gasteiger partial charge is 0.196 e. The van der Waals surface area contributed by atoms with Gasteiger partial charge in [0, 0.05) is 12.6 Å². The van der Waals surface area contributed by atoms with Crippen molar-refractivity contribution in [1.29, 1.82) is 0 Å². The van der Waals surface area contributed by atoms with E-state index >= 15 is 0 Å². The first-order chi connectivity index (χ1) is 13.1. The number of phenols is 2. The molecule has 0 amide bonds. The van der Waals surface area contributed by atoms with Crippen molar-refractivity contribution in [2.24, 2.45) is 10.9 Å². The van der Waals surface area contributed by atoms with Crippen LogP contribution in [0.1, 0.15) is 38.2 Å². The van der Waals surface area contributed by atoms with Gasteiger partial charge in [0.25, 0.3) is 0 Å². The number of phenolic OH excluding ortho intramolecular Hbond substituents is 2. The monoisotopic (exact) mass is 367 g/mol. The highest BCUT2D eigenvalue weighted by Gasteiger charge is 2.22. The number of hydrogen-bond acceptors (Lipinski definition) is 3. The third-order valence-electron chi connectivity index (χ3n) is 5.20. The van der Waals surface area contributed by atoms with Crippen LogP contribution in [0.2, 0.25) is 0 Å². The normalized spacial score (nSPS) is 20.3. The molecule has 0 heterocycles. The van der Waals surface area contributed by atoms with Gasteiger partial charge >= 0.3 is 0 Å². The molecule has 2 aromatic carbocycles. The zero-order chi connectivity index (χ0) is 19.1. The molecule has 0 spiro atoms. The van der Waals surface area contributed by atoms with Crippen LogP contribution >= 0.6 is 0 Å². The van der Waals surface area contributed by atoms with E-state index in [0.717, 1.165) is 18.4 Å². The first-order valence-corrected chi connectivity index (χ1v) is 9.76. The Labute approximate surface area is 161 Å². The quantitative estimate of drug-likeness (QED) is 0.361. The van der Waals surface area contributed by atoms with Gasteiger partial charge in [-0.3, -0.25) is 4.99 Å². The molecule has 0 saturated heterocycles. The molecule has 0 bridgehead atoms. The van der Waals surface area contributed by atoms with Gasteiger partial charge in [-0.15, -0.1) is 0 Å². The van der Waals surface area contributed by atoms with E-state index < -0.39 is 0 Å². The lowest BCUT2D eigenvalue weighted by Crippen LogP contribution is -2.44. The van der Waals surface area contributed by atoms with Gasteiger partial charge in [-0.25, -0.2) is 0 Å². The minimum absolute atomic E-state index is 0.210. The van der Waals surface area contributed by atoms with Crippen LogP contribution in [0.25, 0.3) is 0 Å². The lowest BCUT2D eigenvalue weighted by molar-refractivity contribution is 0.308. The SMILES string of the molecule is CC1CCCCC1NC(=NCCc1ccc(O)cc1)Nc1ccccc1O. The van der Waals surface area contributed by atoms with Crippen molar-refractivity contribution < 1.29 is 10.2 Å². The largest absolute Gasteiger partial charge is 0.508 e. The number of anilines is 1. The van der Waals surface area contributed by atoms with E-state index in [1.54, 1.807) is 24.3 Å². The summed E-state index contributed by atoms with van der Waals surface area (Å²) in [7, 11) is 0. The molecule has 0 radical (unpaired) electrons. The fraction of sp³-hybridized carbons (Fsp3) is 0.409. The van der Waals surface area contributed by atoms with Crippen LogP contribution in [0.3, 0.4) is 0 Å². The minimum atomic E-state index is 0.210. The van der Waals surface area contributed by atoms with Crippen molar-refractivity contribution in [2.75, 3.05) is 11.9 Å². The summed E-state index contributed by atoms with van der Waals surface area (Å²) in [6.07, 6.45) is 5.68. The molecule has 4 N–H and O–H groups in total. The Hall–Kier alpha value is -2.69. The van der Waals surface area contributed by atoms with Gasteiger partial charge in [0.15, 0.2) is 5.96 Å². The first kappa shape index (κ1) is 19.1. The van der Waals surface area contributed by atoms with Crippen molar-refractivity contribution in [1.82, 2.24) is 5.32 Å². The average Bonchev–Trinajstić information content (AvgIpc) is 2.67. The average molecular weight is 367 g/mol. The number of benzene rings is 2. The first-order valence-electron chi connectivity index (χ1n) is 9.76. The number of nitrogens with zero attached hydrogens (tertiary/aromatic N) is 1. The number of nitrogens with one attached hydrogen (secondary N) is 2. The maximum absolute atomic E-state index is 10.1. The maximum atomic E-state index is 10.1. The van der Waals surface area contributed by atoms with Crippen molar-refractivity contribution in [2.45, 2.75) is 45.1 Å². The molecule has 0 aliphatic heterocycles. The van der Waals surface area contributed by atoms with Crippen molar-refractivity contribution in [3.8, 4) is 11.5 Å². The Balaban J connectivity index is 1.69. The summed E-state index contributed by atoms with van der Waals surface area (Å²) in [5.41, 5.74) is 1.78. The number of hydrogen-bond donors (Lipinski definition) is 4.